The number of para-hydroxylation sites is 1. The second-order valence-electron chi connectivity index (χ2n) is 5.96. The molecule has 0 fully saturated rings. The molecule has 0 saturated heterocycles. The third-order valence-electron chi connectivity index (χ3n) is 3.77. The summed E-state index contributed by atoms with van der Waals surface area (Å²) in [6, 6.07) is 14.9. The Hall–Kier alpha value is -2.73. The van der Waals surface area contributed by atoms with Gasteiger partial charge in [0.1, 0.15) is 5.75 Å². The molecule has 0 unspecified atom stereocenters. The van der Waals surface area contributed by atoms with E-state index in [1.54, 1.807) is 35.6 Å². The largest absolute Gasteiger partial charge is 0.427 e. The average molecular weight is 368 g/mol. The van der Waals surface area contributed by atoms with Crippen molar-refractivity contribution in [3.8, 4) is 5.75 Å². The highest BCUT2D eigenvalue weighted by Crippen LogP contribution is 2.23. The van der Waals surface area contributed by atoms with Crippen LogP contribution < -0.4 is 10.1 Å². The molecule has 0 atom stereocenters. The lowest BCUT2D eigenvalue weighted by Crippen LogP contribution is -2.08. The first-order valence-electron chi connectivity index (χ1n) is 8.53. The molecule has 0 aliphatic rings. The molecular formula is C20H20N2O3S. The van der Waals surface area contributed by atoms with Crippen LogP contribution in [0, 0.1) is 0 Å². The van der Waals surface area contributed by atoms with Crippen LogP contribution in [0.1, 0.15) is 31.2 Å². The van der Waals surface area contributed by atoms with Crippen molar-refractivity contribution < 1.29 is 14.3 Å². The number of nitrogens with zero attached hydrogens (tertiary/aromatic N) is 1. The van der Waals surface area contributed by atoms with Gasteiger partial charge in [-0.05, 0) is 55.7 Å². The molecule has 134 valence electrons. The zero-order valence-electron chi connectivity index (χ0n) is 14.5. The Balaban J connectivity index is 1.40. The quantitative estimate of drug-likeness (QED) is 0.377. The fourth-order valence-corrected chi connectivity index (χ4v) is 3.57. The minimum absolute atomic E-state index is 0.136. The summed E-state index contributed by atoms with van der Waals surface area (Å²) < 4.78 is 6.51. The number of ether oxygens (including phenoxy) is 1. The fourth-order valence-electron chi connectivity index (χ4n) is 2.56. The zero-order chi connectivity index (χ0) is 18.4. The number of aromatic nitrogens is 1. The van der Waals surface area contributed by atoms with Crippen molar-refractivity contribution in [2.24, 2.45) is 0 Å². The monoisotopic (exact) mass is 368 g/mol. The lowest BCUT2D eigenvalue weighted by atomic mass is 10.2. The molecule has 0 radical (unpaired) electrons. The number of benzene rings is 2. The highest BCUT2D eigenvalue weighted by molar-refractivity contribution is 7.18. The summed E-state index contributed by atoms with van der Waals surface area (Å²) in [5.41, 5.74) is 1.71. The average Bonchev–Trinajstić information content (AvgIpc) is 3.03. The van der Waals surface area contributed by atoms with E-state index in [4.69, 9.17) is 4.74 Å². The van der Waals surface area contributed by atoms with Gasteiger partial charge in [-0.25, -0.2) is 4.98 Å². The molecule has 3 rings (SSSR count). The first-order valence-corrected chi connectivity index (χ1v) is 9.34. The van der Waals surface area contributed by atoms with Crippen LogP contribution in [0.5, 0.6) is 5.75 Å². The van der Waals surface area contributed by atoms with E-state index < -0.39 is 0 Å². The molecule has 1 aromatic heterocycles. The number of aryl methyl sites for hydroxylation is 1. The van der Waals surface area contributed by atoms with Gasteiger partial charge in [-0.3, -0.25) is 9.59 Å². The van der Waals surface area contributed by atoms with E-state index in [-0.39, 0.29) is 11.9 Å². The molecule has 1 heterocycles. The molecule has 3 aromatic rings. The van der Waals surface area contributed by atoms with Crippen LogP contribution in [-0.4, -0.2) is 16.9 Å². The van der Waals surface area contributed by atoms with Crippen LogP contribution in [0.2, 0.25) is 0 Å². The maximum Gasteiger partial charge on any atom is 0.311 e. The normalized spacial score (nSPS) is 10.7. The van der Waals surface area contributed by atoms with Crippen LogP contribution in [0.15, 0.2) is 48.5 Å². The van der Waals surface area contributed by atoms with Crippen LogP contribution in [-0.2, 0) is 16.0 Å². The van der Waals surface area contributed by atoms with Crippen molar-refractivity contribution in [2.75, 3.05) is 5.32 Å². The molecule has 26 heavy (non-hydrogen) atoms. The summed E-state index contributed by atoms with van der Waals surface area (Å²) in [6.07, 6.45) is 2.91. The minimum atomic E-state index is -0.249. The zero-order valence-corrected chi connectivity index (χ0v) is 15.3. The number of hydrogen-bond donors (Lipinski definition) is 1. The number of esters is 1. The van der Waals surface area contributed by atoms with Crippen LogP contribution in [0.4, 0.5) is 5.69 Å². The first-order chi connectivity index (χ1) is 12.6. The van der Waals surface area contributed by atoms with Crippen LogP contribution >= 0.6 is 11.3 Å². The number of carbonyl (C=O) groups excluding carboxylic acids is 2. The summed E-state index contributed by atoms with van der Waals surface area (Å²) >= 11 is 1.71. The molecule has 0 aliphatic carbocycles. The number of unbranched alkanes of at least 4 members (excludes halogenated alkanes) is 1. The molecule has 0 aliphatic heterocycles. The van der Waals surface area contributed by atoms with Gasteiger partial charge in [0.2, 0.25) is 5.91 Å². The molecule has 0 bridgehead atoms. The van der Waals surface area contributed by atoms with Gasteiger partial charge in [0, 0.05) is 19.0 Å². The number of hydrogen-bond acceptors (Lipinski definition) is 5. The topological polar surface area (TPSA) is 68.3 Å². The second-order valence-corrected chi connectivity index (χ2v) is 7.08. The molecular weight excluding hydrogens is 348 g/mol. The molecule has 6 heteroatoms. The fraction of sp³-hybridized carbons (Fsp3) is 0.250. The molecule has 0 spiro atoms. The van der Waals surface area contributed by atoms with E-state index in [2.05, 4.69) is 16.4 Å². The highest BCUT2D eigenvalue weighted by Gasteiger charge is 2.07. The molecule has 0 saturated carbocycles. The number of rotatable bonds is 7. The number of anilines is 1. The number of amides is 1. The summed E-state index contributed by atoms with van der Waals surface area (Å²) in [6.45, 7) is 1.45. The Kier molecular flexibility index (Phi) is 5.96. The smallest absolute Gasteiger partial charge is 0.311 e. The van der Waals surface area contributed by atoms with Gasteiger partial charge in [0.15, 0.2) is 0 Å². The molecule has 1 amide bonds. The molecule has 2 aromatic carbocycles. The Morgan fingerprint density at radius 2 is 1.85 bits per heavy atom. The van der Waals surface area contributed by atoms with Crippen molar-refractivity contribution >= 4 is 39.1 Å². The van der Waals surface area contributed by atoms with Gasteiger partial charge in [-0.2, -0.15) is 0 Å². The van der Waals surface area contributed by atoms with Gasteiger partial charge >= 0.3 is 5.97 Å². The maximum absolute atomic E-state index is 11.9. The van der Waals surface area contributed by atoms with Gasteiger partial charge in [-0.1, -0.05) is 12.1 Å². The van der Waals surface area contributed by atoms with Crippen molar-refractivity contribution in [3.05, 3.63) is 53.5 Å². The number of fused-ring (bicyclic) bond motifs is 1. The van der Waals surface area contributed by atoms with Gasteiger partial charge in [0.25, 0.3) is 0 Å². The van der Waals surface area contributed by atoms with Crippen molar-refractivity contribution in [1.82, 2.24) is 4.98 Å². The lowest BCUT2D eigenvalue weighted by Gasteiger charge is -2.06. The van der Waals surface area contributed by atoms with Crippen molar-refractivity contribution in [3.63, 3.8) is 0 Å². The highest BCUT2D eigenvalue weighted by atomic mass is 32.1. The van der Waals surface area contributed by atoms with E-state index in [0.29, 0.717) is 17.9 Å². The Morgan fingerprint density at radius 3 is 2.58 bits per heavy atom. The Morgan fingerprint density at radius 1 is 1.08 bits per heavy atom. The predicted octanol–water partition coefficient (Wildman–Crippen LogP) is 4.57. The third-order valence-corrected chi connectivity index (χ3v) is 4.86. The minimum Gasteiger partial charge on any atom is -0.427 e. The first kappa shape index (κ1) is 18.1. The summed E-state index contributed by atoms with van der Waals surface area (Å²) in [5.74, 6) is 0.0970. The number of thiazole rings is 1. The lowest BCUT2D eigenvalue weighted by molar-refractivity contribution is -0.134. The number of nitrogens with one attached hydrogen (secondary N) is 1. The van der Waals surface area contributed by atoms with Crippen LogP contribution in [0.3, 0.4) is 0 Å². The number of carbonyl (C=O) groups is 2. The molecule has 5 nitrogen and oxygen atoms in total. The summed E-state index contributed by atoms with van der Waals surface area (Å²) in [4.78, 5) is 27.5. The summed E-state index contributed by atoms with van der Waals surface area (Å²) in [7, 11) is 0. The molecule has 1 N–H and O–H groups in total. The van der Waals surface area contributed by atoms with E-state index in [1.807, 2.05) is 18.2 Å². The SMILES string of the molecule is CC(=O)Nc1ccc(OC(=O)CCCCc2nc3ccccc3s2)cc1. The standard InChI is InChI=1S/C20H20N2O3S/c1-14(23)21-15-10-12-16(13-11-15)25-20(24)9-5-4-8-19-22-17-6-2-3-7-18(17)26-19/h2-3,6-7,10-13H,4-5,8-9H2,1H3,(H,21,23). The van der Waals surface area contributed by atoms with Crippen molar-refractivity contribution in [1.29, 1.82) is 0 Å². The summed E-state index contributed by atoms with van der Waals surface area (Å²) in [5, 5.41) is 3.77. The second kappa shape index (κ2) is 8.58. The van der Waals surface area contributed by atoms with E-state index in [9.17, 15) is 9.59 Å². The van der Waals surface area contributed by atoms with Gasteiger partial charge in [-0.15, -0.1) is 11.3 Å². The maximum atomic E-state index is 11.9. The van der Waals surface area contributed by atoms with E-state index in [1.165, 1.54) is 11.6 Å². The van der Waals surface area contributed by atoms with E-state index in [0.717, 1.165) is 29.8 Å². The van der Waals surface area contributed by atoms with Gasteiger partial charge in [0.05, 0.1) is 15.2 Å². The Labute approximate surface area is 156 Å². The predicted molar refractivity (Wildman–Crippen MR) is 104 cm³/mol. The van der Waals surface area contributed by atoms with Crippen LogP contribution in [0.25, 0.3) is 10.2 Å². The van der Waals surface area contributed by atoms with Crippen molar-refractivity contribution in [2.45, 2.75) is 32.6 Å². The Bertz CT molecular complexity index is 870. The van der Waals surface area contributed by atoms with E-state index >= 15 is 0 Å². The third kappa shape index (κ3) is 5.13. The van der Waals surface area contributed by atoms with Gasteiger partial charge < -0.3 is 10.1 Å².